The van der Waals surface area contributed by atoms with Crippen LogP contribution in [0.3, 0.4) is 0 Å². The van der Waals surface area contributed by atoms with Gasteiger partial charge in [0.15, 0.2) is 5.96 Å². The number of guanidine groups is 1. The van der Waals surface area contributed by atoms with Crippen molar-refractivity contribution in [3.63, 3.8) is 0 Å². The fourth-order valence-electron chi connectivity index (χ4n) is 4.21. The van der Waals surface area contributed by atoms with Crippen LogP contribution in [-0.4, -0.2) is 54.2 Å². The van der Waals surface area contributed by atoms with Gasteiger partial charge in [0.2, 0.25) is 5.88 Å². The molecular formula is C21H35N5O. The summed E-state index contributed by atoms with van der Waals surface area (Å²) in [5.74, 6) is 1.60. The molecule has 2 atom stereocenters. The number of fused-ring (bicyclic) bond motifs is 2. The largest absolute Gasteiger partial charge is 0.478 e. The van der Waals surface area contributed by atoms with Gasteiger partial charge in [-0.3, -0.25) is 0 Å². The van der Waals surface area contributed by atoms with Crippen LogP contribution in [0.15, 0.2) is 23.3 Å². The van der Waals surface area contributed by atoms with Crippen LogP contribution in [0.2, 0.25) is 0 Å². The highest BCUT2D eigenvalue weighted by Crippen LogP contribution is 2.32. The van der Waals surface area contributed by atoms with Gasteiger partial charge in [-0.05, 0) is 51.6 Å². The zero-order valence-corrected chi connectivity index (χ0v) is 17.1. The minimum Gasteiger partial charge on any atom is -0.478 e. The molecule has 27 heavy (non-hydrogen) atoms. The highest BCUT2D eigenvalue weighted by molar-refractivity contribution is 5.80. The molecule has 3 heterocycles. The second-order valence-corrected chi connectivity index (χ2v) is 7.76. The number of nitrogens with one attached hydrogen (secondary N) is 2. The Labute approximate surface area is 163 Å². The van der Waals surface area contributed by atoms with E-state index < -0.39 is 0 Å². The number of aromatic nitrogens is 1. The molecule has 2 fully saturated rings. The molecule has 6 heteroatoms. The molecule has 0 spiro atoms. The first-order valence-corrected chi connectivity index (χ1v) is 10.5. The number of piperidine rings is 2. The molecule has 2 aliphatic rings. The molecule has 1 aromatic heterocycles. The predicted molar refractivity (Wildman–Crippen MR) is 110 cm³/mol. The van der Waals surface area contributed by atoms with Crippen LogP contribution in [0.5, 0.6) is 5.88 Å². The fourth-order valence-corrected chi connectivity index (χ4v) is 4.21. The van der Waals surface area contributed by atoms with E-state index in [2.05, 4.69) is 41.4 Å². The van der Waals surface area contributed by atoms with Crippen LogP contribution in [0.25, 0.3) is 0 Å². The zero-order chi connectivity index (χ0) is 19.1. The quantitative estimate of drug-likeness (QED) is 0.568. The first-order valence-electron chi connectivity index (χ1n) is 10.5. The van der Waals surface area contributed by atoms with Crippen molar-refractivity contribution in [1.82, 2.24) is 20.5 Å². The number of nitrogens with zero attached hydrogens (tertiary/aromatic N) is 3. The average Bonchev–Trinajstić information content (AvgIpc) is 2.66. The lowest BCUT2D eigenvalue weighted by molar-refractivity contribution is 0.0526. The molecular weight excluding hydrogens is 338 g/mol. The Kier molecular flexibility index (Phi) is 7.33. The lowest BCUT2D eigenvalue weighted by Crippen LogP contribution is -2.56. The number of ether oxygens (including phenoxy) is 1. The van der Waals surface area contributed by atoms with E-state index in [1.807, 2.05) is 18.3 Å². The molecule has 0 aromatic carbocycles. The summed E-state index contributed by atoms with van der Waals surface area (Å²) < 4.78 is 5.54. The SMILES string of the molecule is CCCOc1ccc(CN=C(NCC)NC2CC3CCCC(C2)N3C)cn1. The smallest absolute Gasteiger partial charge is 0.213 e. The maximum Gasteiger partial charge on any atom is 0.213 e. The van der Waals surface area contributed by atoms with Crippen LogP contribution < -0.4 is 15.4 Å². The third kappa shape index (κ3) is 5.58. The number of aliphatic imine (C=N–C) groups is 1. The topological polar surface area (TPSA) is 61.8 Å². The van der Waals surface area contributed by atoms with Gasteiger partial charge in [-0.15, -0.1) is 0 Å². The van der Waals surface area contributed by atoms with E-state index in [9.17, 15) is 0 Å². The van der Waals surface area contributed by atoms with Gasteiger partial charge < -0.3 is 20.3 Å². The van der Waals surface area contributed by atoms with Gasteiger partial charge in [0, 0.05) is 36.9 Å². The van der Waals surface area contributed by atoms with Crippen molar-refractivity contribution in [2.24, 2.45) is 4.99 Å². The highest BCUT2D eigenvalue weighted by Gasteiger charge is 2.36. The van der Waals surface area contributed by atoms with Gasteiger partial charge >= 0.3 is 0 Å². The van der Waals surface area contributed by atoms with E-state index in [1.165, 1.54) is 32.1 Å². The van der Waals surface area contributed by atoms with E-state index in [0.717, 1.165) is 36.6 Å². The van der Waals surface area contributed by atoms with E-state index in [0.29, 0.717) is 25.1 Å². The molecule has 0 saturated carbocycles. The van der Waals surface area contributed by atoms with Crippen molar-refractivity contribution in [2.75, 3.05) is 20.2 Å². The predicted octanol–water partition coefficient (Wildman–Crippen LogP) is 2.94. The maximum atomic E-state index is 5.54. The molecule has 3 rings (SSSR count). The second kappa shape index (κ2) is 9.93. The van der Waals surface area contributed by atoms with Crippen molar-refractivity contribution >= 4 is 5.96 Å². The molecule has 2 bridgehead atoms. The van der Waals surface area contributed by atoms with Gasteiger partial charge in [0.25, 0.3) is 0 Å². The summed E-state index contributed by atoms with van der Waals surface area (Å²) in [6.07, 6.45) is 9.31. The van der Waals surface area contributed by atoms with Crippen molar-refractivity contribution < 1.29 is 4.74 Å². The summed E-state index contributed by atoms with van der Waals surface area (Å²) in [4.78, 5) is 11.7. The maximum absolute atomic E-state index is 5.54. The number of pyridine rings is 1. The molecule has 2 N–H and O–H groups in total. The summed E-state index contributed by atoms with van der Waals surface area (Å²) >= 11 is 0. The lowest BCUT2D eigenvalue weighted by atomic mass is 9.82. The molecule has 150 valence electrons. The summed E-state index contributed by atoms with van der Waals surface area (Å²) in [7, 11) is 2.30. The fraction of sp³-hybridized carbons (Fsp3) is 0.714. The summed E-state index contributed by atoms with van der Waals surface area (Å²) in [6, 6.07) is 5.93. The normalized spacial score (nSPS) is 25.9. The molecule has 2 aliphatic heterocycles. The first-order chi connectivity index (χ1) is 13.2. The Morgan fingerprint density at radius 1 is 1.26 bits per heavy atom. The molecule has 2 unspecified atom stereocenters. The minimum absolute atomic E-state index is 0.511. The first kappa shape index (κ1) is 19.9. The molecule has 6 nitrogen and oxygen atoms in total. The molecule has 1 aromatic rings. The molecule has 0 amide bonds. The van der Waals surface area contributed by atoms with Crippen molar-refractivity contribution in [2.45, 2.75) is 77.0 Å². The van der Waals surface area contributed by atoms with Gasteiger partial charge in [-0.25, -0.2) is 9.98 Å². The second-order valence-electron chi connectivity index (χ2n) is 7.76. The van der Waals surface area contributed by atoms with Gasteiger partial charge in [0.1, 0.15) is 0 Å². The van der Waals surface area contributed by atoms with E-state index in [4.69, 9.17) is 9.73 Å². The third-order valence-electron chi connectivity index (χ3n) is 5.70. The van der Waals surface area contributed by atoms with Crippen LogP contribution in [-0.2, 0) is 6.54 Å². The summed E-state index contributed by atoms with van der Waals surface area (Å²) in [5.41, 5.74) is 1.09. The summed E-state index contributed by atoms with van der Waals surface area (Å²) in [6.45, 7) is 6.40. The van der Waals surface area contributed by atoms with E-state index in [-0.39, 0.29) is 0 Å². The number of rotatable bonds is 7. The Hall–Kier alpha value is -1.82. The Bertz CT molecular complexity index is 589. The standard InChI is InChI=1S/C21H35N5O/c1-4-11-27-20-10-9-16(14-23-20)15-24-21(22-5-2)25-17-12-18-7-6-8-19(13-17)26(18)3/h9-10,14,17-19H,4-8,11-13,15H2,1-3H3,(H2,22,24,25). The van der Waals surface area contributed by atoms with Crippen LogP contribution in [0, 0.1) is 0 Å². The van der Waals surface area contributed by atoms with Crippen molar-refractivity contribution in [1.29, 1.82) is 0 Å². The number of hydrogen-bond acceptors (Lipinski definition) is 4. The van der Waals surface area contributed by atoms with Crippen LogP contribution >= 0.6 is 0 Å². The Morgan fingerprint density at radius 2 is 2.04 bits per heavy atom. The lowest BCUT2D eigenvalue weighted by Gasteiger charge is -2.47. The monoisotopic (exact) mass is 373 g/mol. The number of hydrogen-bond donors (Lipinski definition) is 2. The average molecular weight is 374 g/mol. The van der Waals surface area contributed by atoms with Crippen molar-refractivity contribution in [3.05, 3.63) is 23.9 Å². The molecule has 0 radical (unpaired) electrons. The van der Waals surface area contributed by atoms with E-state index in [1.54, 1.807) is 0 Å². The van der Waals surface area contributed by atoms with Crippen LogP contribution in [0.4, 0.5) is 0 Å². The third-order valence-corrected chi connectivity index (χ3v) is 5.70. The van der Waals surface area contributed by atoms with Gasteiger partial charge in [-0.1, -0.05) is 19.4 Å². The minimum atomic E-state index is 0.511. The van der Waals surface area contributed by atoms with Gasteiger partial charge in [0.05, 0.1) is 13.2 Å². The van der Waals surface area contributed by atoms with Crippen molar-refractivity contribution in [3.8, 4) is 5.88 Å². The van der Waals surface area contributed by atoms with Gasteiger partial charge in [-0.2, -0.15) is 0 Å². The van der Waals surface area contributed by atoms with E-state index >= 15 is 0 Å². The zero-order valence-electron chi connectivity index (χ0n) is 17.1. The Morgan fingerprint density at radius 3 is 2.67 bits per heavy atom. The molecule has 2 saturated heterocycles. The highest BCUT2D eigenvalue weighted by atomic mass is 16.5. The Balaban J connectivity index is 1.56. The summed E-state index contributed by atoms with van der Waals surface area (Å²) in [5, 5.41) is 7.08. The molecule has 0 aliphatic carbocycles. The van der Waals surface area contributed by atoms with Crippen LogP contribution in [0.1, 0.15) is 57.9 Å².